The SMILES string of the molecule is CCCC[C@H](C)C[C@H](O)/C=C/[C@@H]1[C@H]2CC(CCCCCNCCC(=O)OC)=C[C@H]2C[C@H]1O. The number of esters is 1. The molecule has 2 rings (SSSR count). The van der Waals surface area contributed by atoms with Crippen LogP contribution in [0.5, 0.6) is 0 Å². The monoisotopic (exact) mass is 449 g/mol. The lowest BCUT2D eigenvalue weighted by Gasteiger charge is -2.19. The number of unbranched alkanes of at least 4 members (excludes halogenated alkanes) is 3. The second-order valence-electron chi connectivity index (χ2n) is 10.1. The Bertz CT molecular complexity index is 602. The van der Waals surface area contributed by atoms with E-state index in [0.717, 1.165) is 38.6 Å². The first kappa shape index (κ1) is 27.1. The van der Waals surface area contributed by atoms with E-state index in [0.29, 0.717) is 30.7 Å². The summed E-state index contributed by atoms with van der Waals surface area (Å²) in [5.74, 6) is 1.55. The number of methoxy groups -OCH3 is 1. The summed E-state index contributed by atoms with van der Waals surface area (Å²) in [6, 6.07) is 0. The van der Waals surface area contributed by atoms with Gasteiger partial charge in [0.05, 0.1) is 25.7 Å². The van der Waals surface area contributed by atoms with E-state index in [2.05, 4.69) is 36.1 Å². The third-order valence-electron chi connectivity index (χ3n) is 7.28. The van der Waals surface area contributed by atoms with Gasteiger partial charge in [-0.25, -0.2) is 0 Å². The van der Waals surface area contributed by atoms with Crippen molar-refractivity contribution in [1.82, 2.24) is 5.32 Å². The highest BCUT2D eigenvalue weighted by atomic mass is 16.5. The number of ether oxygens (including phenoxy) is 1. The van der Waals surface area contributed by atoms with Crippen molar-refractivity contribution < 1.29 is 19.7 Å². The van der Waals surface area contributed by atoms with Crippen LogP contribution >= 0.6 is 0 Å². The van der Waals surface area contributed by atoms with Gasteiger partial charge in [0.1, 0.15) is 0 Å². The number of fused-ring (bicyclic) bond motifs is 1. The highest BCUT2D eigenvalue weighted by Crippen LogP contribution is 2.48. The molecule has 0 amide bonds. The first-order chi connectivity index (χ1) is 15.4. The van der Waals surface area contributed by atoms with E-state index < -0.39 is 6.10 Å². The lowest BCUT2D eigenvalue weighted by atomic mass is 9.88. The lowest BCUT2D eigenvalue weighted by molar-refractivity contribution is -0.140. The quantitative estimate of drug-likeness (QED) is 0.180. The van der Waals surface area contributed by atoms with Gasteiger partial charge in [-0.05, 0) is 62.8 Å². The van der Waals surface area contributed by atoms with Gasteiger partial charge in [-0.1, -0.05) is 63.3 Å². The second kappa shape index (κ2) is 14.9. The van der Waals surface area contributed by atoms with Crippen LogP contribution in [0.3, 0.4) is 0 Å². The van der Waals surface area contributed by atoms with Crippen LogP contribution in [0.15, 0.2) is 23.8 Å². The van der Waals surface area contributed by atoms with Crippen LogP contribution in [0.2, 0.25) is 0 Å². The number of allylic oxidation sites excluding steroid dienone is 2. The Balaban J connectivity index is 1.64. The standard InChI is InChI=1S/C27H47NO4/c1-4-5-9-20(2)16-23(29)11-12-24-25-18-21(17-22(25)19-26(24)30)10-7-6-8-14-28-15-13-27(31)32-3/h11-12,17,20,22-26,28-30H,4-10,13-16,18-19H2,1-3H3/b12-11+/t20-,22-,23+,24+,25-,26+/m0/s1. The van der Waals surface area contributed by atoms with Crippen molar-refractivity contribution in [2.45, 2.75) is 96.7 Å². The Morgan fingerprint density at radius 1 is 1.28 bits per heavy atom. The molecule has 0 spiro atoms. The van der Waals surface area contributed by atoms with Crippen LogP contribution in [0.4, 0.5) is 0 Å². The lowest BCUT2D eigenvalue weighted by Crippen LogP contribution is -2.19. The number of hydrogen-bond acceptors (Lipinski definition) is 5. The summed E-state index contributed by atoms with van der Waals surface area (Å²) in [6.07, 6.45) is 17.3. The molecular weight excluding hydrogens is 402 g/mol. The normalized spacial score (nSPS) is 26.8. The molecule has 32 heavy (non-hydrogen) atoms. The molecule has 0 saturated heterocycles. The van der Waals surface area contributed by atoms with Crippen LogP contribution in [0.1, 0.15) is 84.5 Å². The second-order valence-corrected chi connectivity index (χ2v) is 10.1. The maximum absolute atomic E-state index is 11.1. The summed E-state index contributed by atoms with van der Waals surface area (Å²) < 4.78 is 4.63. The van der Waals surface area contributed by atoms with Crippen LogP contribution in [-0.4, -0.2) is 48.6 Å². The summed E-state index contributed by atoms with van der Waals surface area (Å²) in [7, 11) is 1.42. The average molecular weight is 450 g/mol. The molecule has 2 aliphatic rings. The average Bonchev–Trinajstić information content (AvgIpc) is 3.28. The molecule has 0 aliphatic heterocycles. The van der Waals surface area contributed by atoms with Crippen LogP contribution < -0.4 is 5.32 Å². The van der Waals surface area contributed by atoms with Crippen molar-refractivity contribution in [1.29, 1.82) is 0 Å². The van der Waals surface area contributed by atoms with E-state index in [1.807, 2.05) is 6.08 Å². The third kappa shape index (κ3) is 9.36. The molecule has 0 unspecified atom stereocenters. The Labute approximate surface area is 195 Å². The van der Waals surface area contributed by atoms with Gasteiger partial charge in [-0.2, -0.15) is 0 Å². The number of nitrogens with one attached hydrogen (secondary N) is 1. The minimum absolute atomic E-state index is 0.162. The van der Waals surface area contributed by atoms with Crippen molar-refractivity contribution in [3.8, 4) is 0 Å². The highest BCUT2D eigenvalue weighted by molar-refractivity contribution is 5.69. The smallest absolute Gasteiger partial charge is 0.306 e. The highest BCUT2D eigenvalue weighted by Gasteiger charge is 2.43. The summed E-state index contributed by atoms with van der Waals surface area (Å²) in [4.78, 5) is 11.1. The summed E-state index contributed by atoms with van der Waals surface area (Å²) in [5.41, 5.74) is 1.55. The topological polar surface area (TPSA) is 78.8 Å². The molecule has 5 nitrogen and oxygen atoms in total. The number of hydrogen-bond donors (Lipinski definition) is 3. The first-order valence-corrected chi connectivity index (χ1v) is 13.0. The summed E-state index contributed by atoms with van der Waals surface area (Å²) in [5, 5.41) is 24.3. The fourth-order valence-corrected chi connectivity index (χ4v) is 5.40. The number of carbonyl (C=O) groups is 1. The molecular formula is C27H47NO4. The Hall–Kier alpha value is -1.17. The molecule has 184 valence electrons. The first-order valence-electron chi connectivity index (χ1n) is 13.0. The number of carbonyl (C=O) groups excluding carboxylic acids is 1. The summed E-state index contributed by atoms with van der Waals surface area (Å²) in [6.45, 7) is 6.06. The number of aliphatic hydroxyl groups excluding tert-OH is 2. The Morgan fingerprint density at radius 2 is 2.09 bits per heavy atom. The Kier molecular flexibility index (Phi) is 12.6. The molecule has 2 aliphatic carbocycles. The molecule has 0 bridgehead atoms. The predicted octanol–water partition coefficient (Wildman–Crippen LogP) is 4.78. The predicted molar refractivity (Wildman–Crippen MR) is 130 cm³/mol. The minimum atomic E-state index is -0.400. The molecule has 3 N–H and O–H groups in total. The van der Waals surface area contributed by atoms with Gasteiger partial charge < -0.3 is 20.3 Å². The van der Waals surface area contributed by atoms with Crippen LogP contribution in [-0.2, 0) is 9.53 Å². The van der Waals surface area contributed by atoms with Crippen molar-refractivity contribution in [3.63, 3.8) is 0 Å². The van der Waals surface area contributed by atoms with E-state index in [4.69, 9.17) is 0 Å². The van der Waals surface area contributed by atoms with E-state index in [-0.39, 0.29) is 18.0 Å². The van der Waals surface area contributed by atoms with Crippen molar-refractivity contribution in [2.75, 3.05) is 20.2 Å². The molecule has 5 heteroatoms. The minimum Gasteiger partial charge on any atom is -0.469 e. The van der Waals surface area contributed by atoms with Crippen molar-refractivity contribution in [2.24, 2.45) is 23.7 Å². The van der Waals surface area contributed by atoms with Gasteiger partial charge in [0.25, 0.3) is 0 Å². The van der Waals surface area contributed by atoms with Crippen molar-refractivity contribution >= 4 is 5.97 Å². The van der Waals surface area contributed by atoms with Crippen LogP contribution in [0, 0.1) is 23.7 Å². The fourth-order valence-electron chi connectivity index (χ4n) is 5.40. The molecule has 0 aromatic heterocycles. The number of aliphatic hydroxyl groups is 2. The maximum atomic E-state index is 11.1. The van der Waals surface area contributed by atoms with E-state index >= 15 is 0 Å². The van der Waals surface area contributed by atoms with E-state index in [1.54, 1.807) is 5.57 Å². The molecule has 0 radical (unpaired) electrons. The molecule has 6 atom stereocenters. The summed E-state index contributed by atoms with van der Waals surface area (Å²) >= 11 is 0. The zero-order chi connectivity index (χ0) is 23.3. The Morgan fingerprint density at radius 3 is 2.84 bits per heavy atom. The van der Waals surface area contributed by atoms with E-state index in [9.17, 15) is 15.0 Å². The molecule has 0 heterocycles. The number of rotatable bonds is 16. The van der Waals surface area contributed by atoms with Gasteiger partial charge in [-0.15, -0.1) is 0 Å². The van der Waals surface area contributed by atoms with Crippen LogP contribution in [0.25, 0.3) is 0 Å². The molecule has 0 aromatic rings. The van der Waals surface area contributed by atoms with Crippen molar-refractivity contribution in [3.05, 3.63) is 23.8 Å². The fraction of sp³-hybridized carbons (Fsp3) is 0.815. The van der Waals surface area contributed by atoms with E-state index in [1.165, 1.54) is 39.2 Å². The van der Waals surface area contributed by atoms with Gasteiger partial charge >= 0.3 is 5.97 Å². The van der Waals surface area contributed by atoms with Gasteiger partial charge in [0.2, 0.25) is 0 Å². The van der Waals surface area contributed by atoms with Gasteiger partial charge in [-0.3, -0.25) is 4.79 Å². The molecule has 1 fully saturated rings. The molecule has 1 saturated carbocycles. The zero-order valence-electron chi connectivity index (χ0n) is 20.6. The zero-order valence-corrected chi connectivity index (χ0v) is 20.6. The van der Waals surface area contributed by atoms with Gasteiger partial charge in [0.15, 0.2) is 0 Å². The largest absolute Gasteiger partial charge is 0.469 e. The third-order valence-corrected chi connectivity index (χ3v) is 7.28. The molecule has 0 aromatic carbocycles. The van der Waals surface area contributed by atoms with Gasteiger partial charge in [0, 0.05) is 12.5 Å². The maximum Gasteiger partial charge on any atom is 0.306 e.